The smallest absolute Gasteiger partial charge is 0.241 e. The third-order valence-corrected chi connectivity index (χ3v) is 6.23. The number of amides is 1. The molecule has 0 bridgehead atoms. The minimum absolute atomic E-state index is 0.0566. The van der Waals surface area contributed by atoms with Crippen LogP contribution in [0.1, 0.15) is 24.0 Å². The summed E-state index contributed by atoms with van der Waals surface area (Å²) in [5.74, 6) is 1.37. The summed E-state index contributed by atoms with van der Waals surface area (Å²) in [5.41, 5.74) is 4.91. The fourth-order valence-corrected chi connectivity index (χ4v) is 4.31. The maximum Gasteiger partial charge on any atom is 0.241 e. The molecule has 0 radical (unpaired) electrons. The Hall–Kier alpha value is -3.36. The summed E-state index contributed by atoms with van der Waals surface area (Å²) in [4.78, 5) is 13.2. The average molecular weight is 449 g/mol. The number of nitrogens with zero attached hydrogens (tertiary/aromatic N) is 1. The molecule has 8 nitrogen and oxygen atoms in total. The molecule has 5 rings (SSSR count). The predicted octanol–water partition coefficient (Wildman–Crippen LogP) is 3.30. The van der Waals surface area contributed by atoms with Crippen LogP contribution in [0.4, 0.5) is 5.69 Å². The highest BCUT2D eigenvalue weighted by Crippen LogP contribution is 2.33. The second-order valence-corrected chi connectivity index (χ2v) is 8.39. The Bertz CT molecular complexity index is 1110. The van der Waals surface area contributed by atoms with E-state index in [0.717, 1.165) is 35.3 Å². The van der Waals surface area contributed by atoms with Gasteiger partial charge in [0.1, 0.15) is 17.6 Å². The maximum atomic E-state index is 13.2. The standard InChI is InChI=1S/C25H28N4O4/c1-31-21-4-2-17-13-26-23(11-18(17)10-21)25(30)29-22-5-3-16(19-14-27-28-15-19)12-24(22)33-20-6-8-32-9-7-20/h2-5,10,12,14-15,20,23,26H,6-9,11,13H2,1H3,(H,27,28)(H,29,30)/t23-/m1/s1. The number of benzene rings is 2. The molecule has 0 saturated carbocycles. The first-order chi connectivity index (χ1) is 16.2. The molecule has 1 atom stereocenters. The molecule has 0 unspecified atom stereocenters. The molecule has 3 N–H and O–H groups in total. The van der Waals surface area contributed by atoms with Gasteiger partial charge in [-0.15, -0.1) is 0 Å². The van der Waals surface area contributed by atoms with Crippen LogP contribution in [0.3, 0.4) is 0 Å². The summed E-state index contributed by atoms with van der Waals surface area (Å²) in [6.07, 6.45) is 5.91. The van der Waals surface area contributed by atoms with E-state index in [1.54, 1.807) is 13.3 Å². The van der Waals surface area contributed by atoms with Crippen molar-refractivity contribution in [3.05, 3.63) is 59.9 Å². The lowest BCUT2D eigenvalue weighted by molar-refractivity contribution is -0.118. The SMILES string of the molecule is COc1ccc2c(c1)C[C@H](C(=O)Nc1ccc(-c3cn[nH]c3)cc1OC1CCOCC1)NC2. The van der Waals surface area contributed by atoms with E-state index in [0.29, 0.717) is 37.6 Å². The second kappa shape index (κ2) is 9.64. The molecule has 2 aliphatic rings. The zero-order valence-electron chi connectivity index (χ0n) is 18.6. The number of aromatic nitrogens is 2. The molecule has 172 valence electrons. The number of fused-ring (bicyclic) bond motifs is 1. The van der Waals surface area contributed by atoms with Gasteiger partial charge < -0.3 is 24.8 Å². The lowest BCUT2D eigenvalue weighted by Gasteiger charge is -2.27. The number of rotatable bonds is 6. The van der Waals surface area contributed by atoms with Gasteiger partial charge in [-0.05, 0) is 47.4 Å². The quantitative estimate of drug-likeness (QED) is 0.535. The molecule has 0 spiro atoms. The number of carbonyl (C=O) groups excluding carboxylic acids is 1. The van der Waals surface area contributed by atoms with Crippen LogP contribution in [0, 0.1) is 0 Å². The average Bonchev–Trinajstić information content (AvgIpc) is 3.40. The van der Waals surface area contributed by atoms with Crippen molar-refractivity contribution in [2.24, 2.45) is 0 Å². The van der Waals surface area contributed by atoms with Crippen LogP contribution in [0.15, 0.2) is 48.8 Å². The van der Waals surface area contributed by atoms with E-state index >= 15 is 0 Å². The van der Waals surface area contributed by atoms with Crippen molar-refractivity contribution in [1.29, 1.82) is 0 Å². The van der Waals surface area contributed by atoms with Gasteiger partial charge in [-0.3, -0.25) is 9.89 Å². The number of nitrogens with one attached hydrogen (secondary N) is 3. The lowest BCUT2D eigenvalue weighted by Crippen LogP contribution is -2.44. The van der Waals surface area contributed by atoms with Crippen LogP contribution in [0.5, 0.6) is 11.5 Å². The zero-order valence-corrected chi connectivity index (χ0v) is 18.6. The number of anilines is 1. The molecule has 1 fully saturated rings. The highest BCUT2D eigenvalue weighted by Gasteiger charge is 2.26. The Morgan fingerprint density at radius 2 is 2.00 bits per heavy atom. The van der Waals surface area contributed by atoms with Gasteiger partial charge in [-0.25, -0.2) is 0 Å². The molecule has 2 aromatic carbocycles. The molecule has 8 heteroatoms. The largest absolute Gasteiger partial charge is 0.497 e. The van der Waals surface area contributed by atoms with E-state index in [4.69, 9.17) is 14.2 Å². The topological polar surface area (TPSA) is 97.5 Å². The van der Waals surface area contributed by atoms with E-state index in [-0.39, 0.29) is 18.1 Å². The summed E-state index contributed by atoms with van der Waals surface area (Å²) in [6, 6.07) is 11.5. The van der Waals surface area contributed by atoms with Gasteiger partial charge in [0.15, 0.2) is 0 Å². The van der Waals surface area contributed by atoms with Crippen molar-refractivity contribution < 1.29 is 19.0 Å². The molecular weight excluding hydrogens is 420 g/mol. The first-order valence-electron chi connectivity index (χ1n) is 11.3. The molecule has 1 amide bonds. The van der Waals surface area contributed by atoms with Gasteiger partial charge in [-0.2, -0.15) is 5.10 Å². The number of hydrogen-bond donors (Lipinski definition) is 3. The van der Waals surface area contributed by atoms with Crippen LogP contribution < -0.4 is 20.1 Å². The maximum absolute atomic E-state index is 13.2. The van der Waals surface area contributed by atoms with Crippen LogP contribution in [-0.2, 0) is 22.5 Å². The Labute approximate surface area is 192 Å². The number of hydrogen-bond acceptors (Lipinski definition) is 6. The number of methoxy groups -OCH3 is 1. The molecule has 2 aliphatic heterocycles. The van der Waals surface area contributed by atoms with Crippen molar-refractivity contribution >= 4 is 11.6 Å². The van der Waals surface area contributed by atoms with E-state index in [1.165, 1.54) is 5.56 Å². The van der Waals surface area contributed by atoms with E-state index in [1.807, 2.05) is 42.6 Å². The summed E-state index contributed by atoms with van der Waals surface area (Å²) in [6.45, 7) is 2.01. The van der Waals surface area contributed by atoms with Gasteiger partial charge in [-0.1, -0.05) is 12.1 Å². The monoisotopic (exact) mass is 448 g/mol. The number of ether oxygens (including phenoxy) is 3. The van der Waals surface area contributed by atoms with Crippen molar-refractivity contribution in [1.82, 2.24) is 15.5 Å². The molecule has 0 aliphatic carbocycles. The normalized spacial score (nSPS) is 18.4. The number of aromatic amines is 1. The van der Waals surface area contributed by atoms with Crippen molar-refractivity contribution in [3.63, 3.8) is 0 Å². The van der Waals surface area contributed by atoms with E-state index in [9.17, 15) is 4.79 Å². The molecule has 3 heterocycles. The van der Waals surface area contributed by atoms with E-state index < -0.39 is 0 Å². The van der Waals surface area contributed by atoms with Gasteiger partial charge >= 0.3 is 0 Å². The minimum atomic E-state index is -0.339. The Morgan fingerprint density at radius 1 is 1.12 bits per heavy atom. The predicted molar refractivity (Wildman–Crippen MR) is 124 cm³/mol. The van der Waals surface area contributed by atoms with Crippen molar-refractivity contribution in [2.75, 3.05) is 25.6 Å². The van der Waals surface area contributed by atoms with Gasteiger partial charge in [0.25, 0.3) is 0 Å². The summed E-state index contributed by atoms with van der Waals surface area (Å²) in [7, 11) is 1.65. The third kappa shape index (κ3) is 4.86. The number of H-pyrrole nitrogens is 1. The van der Waals surface area contributed by atoms with E-state index in [2.05, 4.69) is 20.8 Å². The van der Waals surface area contributed by atoms with Crippen molar-refractivity contribution in [2.45, 2.75) is 38.0 Å². The van der Waals surface area contributed by atoms with Gasteiger partial charge in [0.2, 0.25) is 5.91 Å². The van der Waals surface area contributed by atoms with Crippen molar-refractivity contribution in [3.8, 4) is 22.6 Å². The second-order valence-electron chi connectivity index (χ2n) is 8.39. The highest BCUT2D eigenvalue weighted by atomic mass is 16.5. The van der Waals surface area contributed by atoms with Crippen LogP contribution >= 0.6 is 0 Å². The third-order valence-electron chi connectivity index (χ3n) is 6.23. The first-order valence-corrected chi connectivity index (χ1v) is 11.3. The van der Waals surface area contributed by atoms with Gasteiger partial charge in [0.05, 0.1) is 38.2 Å². The minimum Gasteiger partial charge on any atom is -0.497 e. The lowest BCUT2D eigenvalue weighted by atomic mass is 9.95. The summed E-state index contributed by atoms with van der Waals surface area (Å²) in [5, 5.41) is 13.3. The first kappa shape index (κ1) is 21.5. The molecular formula is C25H28N4O4. The Kier molecular flexibility index (Phi) is 6.28. The Morgan fingerprint density at radius 3 is 2.79 bits per heavy atom. The Balaban J connectivity index is 1.35. The molecule has 1 aromatic heterocycles. The zero-order chi connectivity index (χ0) is 22.6. The van der Waals surface area contributed by atoms with Crippen LogP contribution in [-0.4, -0.2) is 48.6 Å². The number of carbonyl (C=O) groups is 1. The fraction of sp³-hybridized carbons (Fsp3) is 0.360. The summed E-state index contributed by atoms with van der Waals surface area (Å²) >= 11 is 0. The van der Waals surface area contributed by atoms with Crippen LogP contribution in [0.25, 0.3) is 11.1 Å². The van der Waals surface area contributed by atoms with Crippen LogP contribution in [0.2, 0.25) is 0 Å². The molecule has 33 heavy (non-hydrogen) atoms. The molecule has 3 aromatic rings. The summed E-state index contributed by atoms with van der Waals surface area (Å²) < 4.78 is 17.1. The molecule has 1 saturated heterocycles. The fourth-order valence-electron chi connectivity index (χ4n) is 4.31. The van der Waals surface area contributed by atoms with Gasteiger partial charge in [0, 0.05) is 31.1 Å². The highest BCUT2D eigenvalue weighted by molar-refractivity contribution is 5.97.